The lowest BCUT2D eigenvalue weighted by Crippen LogP contribution is -2.48. The summed E-state index contributed by atoms with van der Waals surface area (Å²) in [6.45, 7) is 5.58. The van der Waals surface area contributed by atoms with Crippen molar-refractivity contribution in [1.82, 2.24) is 25.0 Å². The lowest BCUT2D eigenvalue weighted by atomic mass is 10.0. The normalized spacial score (nSPS) is 19.1. The van der Waals surface area contributed by atoms with Gasteiger partial charge in [-0.05, 0) is 25.0 Å². The second kappa shape index (κ2) is 7.00. The average molecular weight is 329 g/mol. The van der Waals surface area contributed by atoms with Crippen molar-refractivity contribution in [2.24, 2.45) is 7.05 Å². The maximum absolute atomic E-state index is 12.6. The molecule has 1 aromatic heterocycles. The van der Waals surface area contributed by atoms with Crippen molar-refractivity contribution in [2.75, 3.05) is 19.7 Å². The van der Waals surface area contributed by atoms with Gasteiger partial charge in [0.1, 0.15) is 12.4 Å². The Morgan fingerprint density at radius 3 is 2.92 bits per heavy atom. The molecule has 0 unspecified atom stereocenters. The number of rotatable bonds is 3. The van der Waals surface area contributed by atoms with E-state index in [1.165, 1.54) is 5.56 Å². The monoisotopic (exact) mass is 329 g/mol. The zero-order valence-corrected chi connectivity index (χ0v) is 14.3. The third-order valence-corrected chi connectivity index (χ3v) is 4.38. The SMILES string of the molecule is Cc1ccccc1[C@@H](C)NC(=O)N1CCO[C@H](c2nncn2C)C1. The molecule has 1 fully saturated rings. The standard InChI is InChI=1S/C17H23N5O2/c1-12-6-4-5-7-14(12)13(2)19-17(23)22-8-9-24-15(10-22)16-20-18-11-21(16)3/h4-7,11,13,15H,8-10H2,1-3H3,(H,19,23)/t13-,15+/m1/s1. The van der Waals surface area contributed by atoms with Crippen LogP contribution in [0.4, 0.5) is 4.79 Å². The molecule has 0 bridgehead atoms. The van der Waals surface area contributed by atoms with Gasteiger partial charge in [-0.2, -0.15) is 0 Å². The number of carbonyl (C=O) groups excluding carboxylic acids is 1. The average Bonchev–Trinajstić information content (AvgIpc) is 3.01. The van der Waals surface area contributed by atoms with Gasteiger partial charge >= 0.3 is 6.03 Å². The topological polar surface area (TPSA) is 72.3 Å². The summed E-state index contributed by atoms with van der Waals surface area (Å²) in [6.07, 6.45) is 1.39. The minimum Gasteiger partial charge on any atom is -0.366 e. The molecule has 7 heteroatoms. The second-order valence-corrected chi connectivity index (χ2v) is 6.13. The first-order chi connectivity index (χ1) is 11.6. The largest absolute Gasteiger partial charge is 0.366 e. The van der Waals surface area contributed by atoms with Gasteiger partial charge in [0.2, 0.25) is 0 Å². The van der Waals surface area contributed by atoms with Crippen LogP contribution in [0.25, 0.3) is 0 Å². The Morgan fingerprint density at radius 1 is 1.42 bits per heavy atom. The van der Waals surface area contributed by atoms with E-state index in [0.717, 1.165) is 11.4 Å². The molecule has 1 N–H and O–H groups in total. The highest BCUT2D eigenvalue weighted by Crippen LogP contribution is 2.21. The Balaban J connectivity index is 1.64. The molecule has 0 radical (unpaired) electrons. The van der Waals surface area contributed by atoms with Gasteiger partial charge in [0, 0.05) is 13.6 Å². The van der Waals surface area contributed by atoms with Crippen molar-refractivity contribution in [3.63, 3.8) is 0 Å². The molecule has 2 aromatic rings. The Labute approximate surface area is 141 Å². The molecule has 2 heterocycles. The summed E-state index contributed by atoms with van der Waals surface area (Å²) in [6, 6.07) is 7.96. The van der Waals surface area contributed by atoms with Gasteiger partial charge in [0.25, 0.3) is 0 Å². The number of morpholine rings is 1. The minimum atomic E-state index is -0.245. The van der Waals surface area contributed by atoms with E-state index in [2.05, 4.69) is 28.5 Å². The summed E-state index contributed by atoms with van der Waals surface area (Å²) >= 11 is 0. The van der Waals surface area contributed by atoms with E-state index in [0.29, 0.717) is 19.7 Å². The first-order valence-electron chi connectivity index (χ1n) is 8.12. The van der Waals surface area contributed by atoms with Gasteiger partial charge in [-0.1, -0.05) is 24.3 Å². The van der Waals surface area contributed by atoms with Crippen molar-refractivity contribution in [3.8, 4) is 0 Å². The summed E-state index contributed by atoms with van der Waals surface area (Å²) < 4.78 is 7.57. The van der Waals surface area contributed by atoms with Crippen LogP contribution >= 0.6 is 0 Å². The van der Waals surface area contributed by atoms with Crippen LogP contribution in [0, 0.1) is 6.92 Å². The Hall–Kier alpha value is -2.41. The second-order valence-electron chi connectivity index (χ2n) is 6.13. The molecular weight excluding hydrogens is 306 g/mol. The zero-order chi connectivity index (χ0) is 17.1. The number of ether oxygens (including phenoxy) is 1. The van der Waals surface area contributed by atoms with Crippen LogP contribution in [0.1, 0.15) is 36.0 Å². The van der Waals surface area contributed by atoms with Crippen LogP contribution < -0.4 is 5.32 Å². The zero-order valence-electron chi connectivity index (χ0n) is 14.3. The number of amides is 2. The number of carbonyl (C=O) groups is 1. The molecule has 1 aliphatic heterocycles. The lowest BCUT2D eigenvalue weighted by Gasteiger charge is -2.33. The summed E-state index contributed by atoms with van der Waals surface area (Å²) in [5.41, 5.74) is 2.30. The fourth-order valence-electron chi connectivity index (χ4n) is 3.00. The smallest absolute Gasteiger partial charge is 0.318 e. The van der Waals surface area contributed by atoms with Crippen molar-refractivity contribution >= 4 is 6.03 Å². The molecule has 0 spiro atoms. The van der Waals surface area contributed by atoms with Crippen LogP contribution in [0.2, 0.25) is 0 Å². The summed E-state index contributed by atoms with van der Waals surface area (Å²) in [7, 11) is 1.87. The van der Waals surface area contributed by atoms with Crippen molar-refractivity contribution in [3.05, 3.63) is 47.5 Å². The Morgan fingerprint density at radius 2 is 2.21 bits per heavy atom. The van der Waals surface area contributed by atoms with Gasteiger partial charge in [-0.25, -0.2) is 4.79 Å². The van der Waals surface area contributed by atoms with E-state index in [-0.39, 0.29) is 18.2 Å². The van der Waals surface area contributed by atoms with E-state index < -0.39 is 0 Å². The summed E-state index contributed by atoms with van der Waals surface area (Å²) in [5, 5.41) is 11.0. The molecule has 128 valence electrons. The fourth-order valence-corrected chi connectivity index (χ4v) is 3.00. The number of hydrogen-bond acceptors (Lipinski definition) is 4. The number of nitrogens with one attached hydrogen (secondary N) is 1. The van der Waals surface area contributed by atoms with Crippen LogP contribution in [0.5, 0.6) is 0 Å². The Kier molecular flexibility index (Phi) is 4.80. The predicted octanol–water partition coefficient (Wildman–Crippen LogP) is 1.97. The highest BCUT2D eigenvalue weighted by molar-refractivity contribution is 5.75. The van der Waals surface area contributed by atoms with Crippen LogP contribution in [-0.4, -0.2) is 45.4 Å². The van der Waals surface area contributed by atoms with Crippen molar-refractivity contribution in [2.45, 2.75) is 26.0 Å². The molecule has 1 aliphatic rings. The van der Waals surface area contributed by atoms with Gasteiger partial charge < -0.3 is 19.5 Å². The van der Waals surface area contributed by atoms with E-state index in [1.54, 1.807) is 11.2 Å². The van der Waals surface area contributed by atoms with Crippen LogP contribution in [0.3, 0.4) is 0 Å². The maximum Gasteiger partial charge on any atom is 0.318 e. The fraction of sp³-hybridized carbons (Fsp3) is 0.471. The number of aromatic nitrogens is 3. The lowest BCUT2D eigenvalue weighted by molar-refractivity contribution is -0.0217. The number of aryl methyl sites for hydroxylation is 2. The van der Waals surface area contributed by atoms with Crippen molar-refractivity contribution in [1.29, 1.82) is 0 Å². The van der Waals surface area contributed by atoms with E-state index >= 15 is 0 Å². The van der Waals surface area contributed by atoms with Gasteiger partial charge in [-0.3, -0.25) is 0 Å². The van der Waals surface area contributed by atoms with Gasteiger partial charge in [0.05, 0.1) is 19.2 Å². The maximum atomic E-state index is 12.6. The van der Waals surface area contributed by atoms with Crippen molar-refractivity contribution < 1.29 is 9.53 Å². The first-order valence-corrected chi connectivity index (χ1v) is 8.12. The molecule has 1 aromatic carbocycles. The minimum absolute atomic E-state index is 0.0465. The molecule has 3 rings (SSSR count). The predicted molar refractivity (Wildman–Crippen MR) is 89.4 cm³/mol. The third-order valence-electron chi connectivity index (χ3n) is 4.38. The highest BCUT2D eigenvalue weighted by atomic mass is 16.5. The number of hydrogen-bond donors (Lipinski definition) is 1. The Bertz CT molecular complexity index is 715. The molecule has 2 atom stereocenters. The number of benzene rings is 1. The van der Waals surface area contributed by atoms with Gasteiger partial charge in [-0.15, -0.1) is 10.2 Å². The van der Waals surface area contributed by atoms with Crippen LogP contribution in [-0.2, 0) is 11.8 Å². The molecule has 0 saturated carbocycles. The molecule has 24 heavy (non-hydrogen) atoms. The molecule has 1 saturated heterocycles. The molecular formula is C17H23N5O2. The molecule has 7 nitrogen and oxygen atoms in total. The molecule has 0 aliphatic carbocycles. The summed E-state index contributed by atoms with van der Waals surface area (Å²) in [5.74, 6) is 0.736. The van der Waals surface area contributed by atoms with E-state index in [9.17, 15) is 4.79 Å². The van der Waals surface area contributed by atoms with E-state index in [4.69, 9.17) is 4.74 Å². The highest BCUT2D eigenvalue weighted by Gasteiger charge is 2.28. The van der Waals surface area contributed by atoms with Crippen LogP contribution in [0.15, 0.2) is 30.6 Å². The summed E-state index contributed by atoms with van der Waals surface area (Å²) in [4.78, 5) is 14.4. The number of nitrogens with zero attached hydrogens (tertiary/aromatic N) is 4. The molecule has 2 amide bonds. The van der Waals surface area contributed by atoms with E-state index in [1.807, 2.05) is 36.7 Å². The number of urea groups is 1. The quantitative estimate of drug-likeness (QED) is 0.934. The van der Waals surface area contributed by atoms with Gasteiger partial charge in [0.15, 0.2) is 5.82 Å². The third kappa shape index (κ3) is 3.41. The first kappa shape index (κ1) is 16.4.